The molecule has 2 aromatic rings. The first-order valence-electron chi connectivity index (χ1n) is 11.5. The Morgan fingerprint density at radius 2 is 1.64 bits per heavy atom. The molecule has 0 aliphatic carbocycles. The van der Waals surface area contributed by atoms with Crippen LogP contribution < -0.4 is 19.1 Å². The standard InChI is InChI=1S/C27H28N2O6S/c1-33-22-12-18(13-23(34-2)26(22)35-3)5-4-17-6-9-21(10-7-17)29-15-19-14-25(32)36-27(19)28-20(16-29)8-11-24(30)31/h6-7,9-10,12-13,15-16H,4-5,8,11,14H2,1-3H3,(H,30,31). The number of ether oxygens (including phenoxy) is 3. The van der Waals surface area contributed by atoms with Gasteiger partial charge >= 0.3 is 5.97 Å². The summed E-state index contributed by atoms with van der Waals surface area (Å²) in [6.07, 6.45) is 5.94. The van der Waals surface area contributed by atoms with E-state index in [-0.39, 0.29) is 18.0 Å². The third-order valence-electron chi connectivity index (χ3n) is 5.90. The largest absolute Gasteiger partial charge is 0.493 e. The molecule has 9 heteroatoms. The van der Waals surface area contributed by atoms with Crippen molar-refractivity contribution in [2.45, 2.75) is 32.1 Å². The second kappa shape index (κ2) is 11.3. The van der Waals surface area contributed by atoms with Gasteiger partial charge in [0.2, 0.25) is 5.75 Å². The molecule has 0 atom stereocenters. The third kappa shape index (κ3) is 5.91. The molecule has 0 unspecified atom stereocenters. The number of rotatable bonds is 10. The minimum Gasteiger partial charge on any atom is -0.493 e. The molecule has 0 saturated carbocycles. The highest BCUT2D eigenvalue weighted by Gasteiger charge is 2.27. The molecule has 36 heavy (non-hydrogen) atoms. The van der Waals surface area contributed by atoms with E-state index in [0.29, 0.717) is 34.4 Å². The van der Waals surface area contributed by atoms with Crippen molar-refractivity contribution in [3.05, 3.63) is 71.2 Å². The Hall–Kier alpha value is -3.72. The molecule has 1 fully saturated rings. The number of carbonyl (C=O) groups excluding carboxylic acids is 1. The number of hydrogen-bond acceptors (Lipinski definition) is 8. The zero-order chi connectivity index (χ0) is 25.7. The van der Waals surface area contributed by atoms with Crippen molar-refractivity contribution in [2.75, 3.05) is 26.2 Å². The number of anilines is 1. The summed E-state index contributed by atoms with van der Waals surface area (Å²) in [6.45, 7) is 0. The van der Waals surface area contributed by atoms with Crippen LogP contribution in [-0.4, -0.2) is 42.6 Å². The molecule has 2 aromatic carbocycles. The molecular weight excluding hydrogens is 480 g/mol. The number of nitrogens with zero attached hydrogens (tertiary/aromatic N) is 2. The van der Waals surface area contributed by atoms with E-state index in [1.807, 2.05) is 41.6 Å². The third-order valence-corrected chi connectivity index (χ3v) is 6.82. The van der Waals surface area contributed by atoms with Gasteiger partial charge in [-0.25, -0.2) is 4.99 Å². The number of carbonyl (C=O) groups is 2. The molecule has 0 spiro atoms. The van der Waals surface area contributed by atoms with Crippen molar-refractivity contribution in [1.82, 2.24) is 0 Å². The number of fused-ring (bicyclic) bond motifs is 1. The molecular formula is C27H28N2O6S. The zero-order valence-electron chi connectivity index (χ0n) is 20.4. The lowest BCUT2D eigenvalue weighted by Gasteiger charge is -2.17. The zero-order valence-corrected chi connectivity index (χ0v) is 21.3. The maximum atomic E-state index is 12.0. The SMILES string of the molecule is COc1cc(CCc2ccc(N3C=C(CCC(=O)O)N=C4SC(=O)CC4=C3)cc2)cc(OC)c1OC. The van der Waals surface area contributed by atoms with E-state index in [0.717, 1.165) is 47.0 Å². The first-order chi connectivity index (χ1) is 17.4. The fraction of sp³-hybridized carbons (Fsp3) is 0.296. The summed E-state index contributed by atoms with van der Waals surface area (Å²) in [5, 5.41) is 9.79. The maximum absolute atomic E-state index is 12.0. The van der Waals surface area contributed by atoms with Crippen LogP contribution in [0.1, 0.15) is 30.4 Å². The lowest BCUT2D eigenvalue weighted by Crippen LogP contribution is -2.09. The van der Waals surface area contributed by atoms with Crippen molar-refractivity contribution in [1.29, 1.82) is 0 Å². The van der Waals surface area contributed by atoms with Crippen molar-refractivity contribution < 1.29 is 28.9 Å². The number of hydrogen-bond donors (Lipinski definition) is 1. The maximum Gasteiger partial charge on any atom is 0.303 e. The summed E-state index contributed by atoms with van der Waals surface area (Å²) in [5.74, 6) is 0.954. The number of carboxylic acid groups (broad SMARTS) is 1. The number of carboxylic acids is 1. The summed E-state index contributed by atoms with van der Waals surface area (Å²) in [4.78, 5) is 29.6. The van der Waals surface area contributed by atoms with Crippen LogP contribution in [0.5, 0.6) is 17.2 Å². The van der Waals surface area contributed by atoms with Gasteiger partial charge in [-0.2, -0.15) is 0 Å². The Labute approximate surface area is 214 Å². The Morgan fingerprint density at radius 3 is 2.25 bits per heavy atom. The Kier molecular flexibility index (Phi) is 8.00. The number of allylic oxidation sites excluding steroid dienone is 1. The second-order valence-corrected chi connectivity index (χ2v) is 9.39. The highest BCUT2D eigenvalue weighted by Crippen LogP contribution is 2.38. The molecule has 188 valence electrons. The lowest BCUT2D eigenvalue weighted by molar-refractivity contribution is -0.137. The van der Waals surface area contributed by atoms with Crippen LogP contribution in [0.3, 0.4) is 0 Å². The average Bonchev–Trinajstić information content (AvgIpc) is 3.13. The van der Waals surface area contributed by atoms with E-state index in [4.69, 9.17) is 19.3 Å². The van der Waals surface area contributed by atoms with Gasteiger partial charge in [0.1, 0.15) is 5.04 Å². The summed E-state index contributed by atoms with van der Waals surface area (Å²) in [5.41, 5.74) is 4.62. The van der Waals surface area contributed by atoms with Crippen molar-refractivity contribution in [3.63, 3.8) is 0 Å². The first-order valence-corrected chi connectivity index (χ1v) is 12.3. The topological polar surface area (TPSA) is 97.7 Å². The highest BCUT2D eigenvalue weighted by atomic mass is 32.2. The molecule has 0 bridgehead atoms. The molecule has 4 rings (SSSR count). The van der Waals surface area contributed by atoms with E-state index in [1.165, 1.54) is 0 Å². The van der Waals surface area contributed by atoms with E-state index in [9.17, 15) is 9.59 Å². The number of thioether (sulfide) groups is 1. The predicted octanol–water partition coefficient (Wildman–Crippen LogP) is 4.97. The summed E-state index contributed by atoms with van der Waals surface area (Å²) < 4.78 is 16.3. The molecule has 8 nitrogen and oxygen atoms in total. The van der Waals surface area contributed by atoms with Crippen molar-refractivity contribution >= 4 is 33.6 Å². The van der Waals surface area contributed by atoms with E-state index < -0.39 is 5.97 Å². The Bertz CT molecular complexity index is 1220. The van der Waals surface area contributed by atoms with Gasteiger partial charge < -0.3 is 24.2 Å². The van der Waals surface area contributed by atoms with E-state index in [1.54, 1.807) is 21.3 Å². The van der Waals surface area contributed by atoms with Crippen LogP contribution in [0, 0.1) is 0 Å². The normalized spacial score (nSPS) is 14.9. The number of aliphatic carboxylic acids is 1. The molecule has 0 amide bonds. The number of aliphatic imine (C=N–C) groups is 1. The molecule has 2 heterocycles. The monoisotopic (exact) mass is 508 g/mol. The van der Waals surface area contributed by atoms with Gasteiger partial charge in [0.25, 0.3) is 0 Å². The van der Waals surface area contributed by atoms with Crippen LogP contribution >= 0.6 is 11.8 Å². The van der Waals surface area contributed by atoms with E-state index >= 15 is 0 Å². The Morgan fingerprint density at radius 1 is 0.972 bits per heavy atom. The van der Waals surface area contributed by atoms with Gasteiger partial charge in [-0.1, -0.05) is 12.1 Å². The number of benzene rings is 2. The fourth-order valence-corrected chi connectivity index (χ4v) is 4.93. The minimum atomic E-state index is -0.883. The van der Waals surface area contributed by atoms with Crippen LogP contribution in [-0.2, 0) is 22.4 Å². The van der Waals surface area contributed by atoms with Gasteiger partial charge in [-0.3, -0.25) is 9.59 Å². The molecule has 0 radical (unpaired) electrons. The second-order valence-electron chi connectivity index (χ2n) is 8.34. The quantitative estimate of drug-likeness (QED) is 0.480. The lowest BCUT2D eigenvalue weighted by atomic mass is 10.0. The highest BCUT2D eigenvalue weighted by molar-refractivity contribution is 8.27. The molecule has 2 aliphatic heterocycles. The van der Waals surface area contributed by atoms with Gasteiger partial charge in [-0.15, -0.1) is 0 Å². The van der Waals surface area contributed by atoms with Crippen LogP contribution in [0.2, 0.25) is 0 Å². The van der Waals surface area contributed by atoms with Crippen molar-refractivity contribution in [3.8, 4) is 17.2 Å². The van der Waals surface area contributed by atoms with Crippen molar-refractivity contribution in [2.24, 2.45) is 4.99 Å². The summed E-state index contributed by atoms with van der Waals surface area (Å²) in [7, 11) is 4.80. The summed E-state index contributed by atoms with van der Waals surface area (Å²) in [6, 6.07) is 12.1. The fourth-order valence-electron chi connectivity index (χ4n) is 4.07. The summed E-state index contributed by atoms with van der Waals surface area (Å²) >= 11 is 1.11. The first kappa shape index (κ1) is 25.4. The molecule has 1 N–H and O–H groups in total. The predicted molar refractivity (Wildman–Crippen MR) is 140 cm³/mol. The van der Waals surface area contributed by atoms with Gasteiger partial charge in [0.05, 0.1) is 33.4 Å². The van der Waals surface area contributed by atoms with E-state index in [2.05, 4.69) is 17.1 Å². The smallest absolute Gasteiger partial charge is 0.303 e. The average molecular weight is 509 g/mol. The van der Waals surface area contributed by atoms with Crippen LogP contribution in [0.4, 0.5) is 5.69 Å². The van der Waals surface area contributed by atoms with Gasteiger partial charge in [0.15, 0.2) is 16.6 Å². The Balaban J connectivity index is 1.51. The van der Waals surface area contributed by atoms with Gasteiger partial charge in [0, 0.05) is 36.5 Å². The number of methoxy groups -OCH3 is 3. The van der Waals surface area contributed by atoms with Gasteiger partial charge in [-0.05, 0) is 60.0 Å². The molecule has 0 aromatic heterocycles. The van der Waals surface area contributed by atoms with Crippen LogP contribution in [0.15, 0.2) is 65.1 Å². The minimum absolute atomic E-state index is 0.0235. The van der Waals surface area contributed by atoms with Crippen LogP contribution in [0.25, 0.3) is 0 Å². The number of aryl methyl sites for hydroxylation is 2. The molecule has 2 aliphatic rings. The molecule has 1 saturated heterocycles.